The van der Waals surface area contributed by atoms with Gasteiger partial charge in [-0.15, -0.1) is 0 Å². The van der Waals surface area contributed by atoms with E-state index in [4.69, 9.17) is 5.26 Å². The Bertz CT molecular complexity index is 685. The third-order valence-corrected chi connectivity index (χ3v) is 2.49. The second kappa shape index (κ2) is 4.73. The van der Waals surface area contributed by atoms with Gasteiger partial charge in [-0.25, -0.2) is 4.98 Å². The molecule has 0 aliphatic rings. The first kappa shape index (κ1) is 12.5. The molecule has 2 heterocycles. The van der Waals surface area contributed by atoms with Crippen LogP contribution in [-0.4, -0.2) is 19.7 Å². The third kappa shape index (κ3) is 2.35. The van der Waals surface area contributed by atoms with Gasteiger partial charge in [-0.2, -0.15) is 10.4 Å². The molecule has 2 rings (SSSR count). The Hall–Kier alpha value is -2.95. The first-order valence-electron chi connectivity index (χ1n) is 5.33. The van der Waals surface area contributed by atoms with Crippen LogP contribution >= 0.6 is 0 Å². The van der Waals surface area contributed by atoms with E-state index in [1.54, 1.807) is 30.9 Å². The smallest absolute Gasteiger partial charge is 0.329 e. The standard InChI is InChI=1S/C11H10N6O2/c1-7-9(6-16(2)15-7)14-11-10(17(18)19)8(5-12)3-4-13-11/h3-4,6H,1-2H3,(H,13,14). The molecule has 1 N–H and O–H groups in total. The van der Waals surface area contributed by atoms with Gasteiger partial charge in [-0.05, 0) is 13.0 Å². The molecular formula is C11H10N6O2. The Morgan fingerprint density at radius 3 is 2.84 bits per heavy atom. The minimum absolute atomic E-state index is 0.0279. The molecule has 0 saturated carbocycles. The number of hydrogen-bond acceptors (Lipinski definition) is 6. The van der Waals surface area contributed by atoms with Gasteiger partial charge in [0, 0.05) is 19.4 Å². The molecule has 0 bridgehead atoms. The average Bonchev–Trinajstić information content (AvgIpc) is 2.67. The van der Waals surface area contributed by atoms with Crippen molar-refractivity contribution >= 4 is 17.2 Å². The van der Waals surface area contributed by atoms with Gasteiger partial charge in [0.15, 0.2) is 0 Å². The zero-order valence-corrected chi connectivity index (χ0v) is 10.3. The Balaban J connectivity index is 2.49. The van der Waals surface area contributed by atoms with Crippen molar-refractivity contribution in [2.45, 2.75) is 6.92 Å². The van der Waals surface area contributed by atoms with Crippen LogP contribution < -0.4 is 5.32 Å². The van der Waals surface area contributed by atoms with Crippen LogP contribution in [0.3, 0.4) is 0 Å². The number of aryl methyl sites for hydroxylation is 2. The Morgan fingerprint density at radius 2 is 2.32 bits per heavy atom. The summed E-state index contributed by atoms with van der Waals surface area (Å²) < 4.78 is 1.58. The number of aromatic nitrogens is 3. The molecule has 0 aliphatic carbocycles. The normalized spacial score (nSPS) is 9.95. The highest BCUT2D eigenvalue weighted by Crippen LogP contribution is 2.29. The summed E-state index contributed by atoms with van der Waals surface area (Å²) >= 11 is 0. The molecule has 2 aromatic rings. The Morgan fingerprint density at radius 1 is 1.58 bits per heavy atom. The first-order chi connectivity index (χ1) is 9.02. The molecule has 19 heavy (non-hydrogen) atoms. The van der Waals surface area contributed by atoms with Gasteiger partial charge in [0.1, 0.15) is 11.6 Å². The van der Waals surface area contributed by atoms with Crippen molar-refractivity contribution in [1.82, 2.24) is 14.8 Å². The van der Waals surface area contributed by atoms with Crippen molar-refractivity contribution < 1.29 is 4.92 Å². The number of rotatable bonds is 3. The van der Waals surface area contributed by atoms with E-state index in [1.807, 2.05) is 0 Å². The van der Waals surface area contributed by atoms with Crippen molar-refractivity contribution in [2.75, 3.05) is 5.32 Å². The number of nitriles is 1. The molecule has 0 aliphatic heterocycles. The second-order valence-corrected chi connectivity index (χ2v) is 3.85. The van der Waals surface area contributed by atoms with Crippen LogP contribution in [-0.2, 0) is 7.05 Å². The summed E-state index contributed by atoms with van der Waals surface area (Å²) in [6.45, 7) is 1.77. The number of nitro groups is 1. The minimum atomic E-state index is -0.625. The van der Waals surface area contributed by atoms with Crippen molar-refractivity contribution in [2.24, 2.45) is 7.05 Å². The molecule has 0 aromatic carbocycles. The monoisotopic (exact) mass is 258 g/mol. The molecule has 0 spiro atoms. The van der Waals surface area contributed by atoms with E-state index in [0.29, 0.717) is 11.4 Å². The number of nitrogens with zero attached hydrogens (tertiary/aromatic N) is 5. The molecule has 0 amide bonds. The fraction of sp³-hybridized carbons (Fsp3) is 0.182. The van der Waals surface area contributed by atoms with E-state index in [0.717, 1.165) is 0 Å². The van der Waals surface area contributed by atoms with Crippen LogP contribution in [0.1, 0.15) is 11.3 Å². The predicted molar refractivity (Wildman–Crippen MR) is 66.8 cm³/mol. The van der Waals surface area contributed by atoms with E-state index in [-0.39, 0.29) is 17.1 Å². The number of hydrogen-bond donors (Lipinski definition) is 1. The maximum atomic E-state index is 11.0. The number of nitrogens with one attached hydrogen (secondary N) is 1. The first-order valence-corrected chi connectivity index (χ1v) is 5.33. The minimum Gasteiger partial charge on any atom is -0.332 e. The lowest BCUT2D eigenvalue weighted by atomic mass is 10.2. The molecule has 96 valence electrons. The molecule has 0 atom stereocenters. The molecule has 0 saturated heterocycles. The van der Waals surface area contributed by atoms with Crippen LogP contribution in [0.4, 0.5) is 17.2 Å². The van der Waals surface area contributed by atoms with Gasteiger partial charge in [0.2, 0.25) is 5.82 Å². The van der Waals surface area contributed by atoms with Gasteiger partial charge in [0.25, 0.3) is 0 Å². The van der Waals surface area contributed by atoms with Crippen molar-refractivity contribution in [3.63, 3.8) is 0 Å². The molecule has 0 fully saturated rings. The SMILES string of the molecule is Cc1nn(C)cc1Nc1nccc(C#N)c1[N+](=O)[O-]. The van der Waals surface area contributed by atoms with E-state index in [2.05, 4.69) is 15.4 Å². The molecule has 8 heteroatoms. The lowest BCUT2D eigenvalue weighted by Gasteiger charge is -2.05. The summed E-state index contributed by atoms with van der Waals surface area (Å²) in [7, 11) is 1.74. The molecule has 2 aromatic heterocycles. The van der Waals surface area contributed by atoms with E-state index in [9.17, 15) is 10.1 Å². The zero-order chi connectivity index (χ0) is 14.0. The Labute approximate surface area is 108 Å². The predicted octanol–water partition coefficient (Wildman–Crippen LogP) is 1.65. The van der Waals surface area contributed by atoms with Crippen molar-refractivity contribution in [1.29, 1.82) is 5.26 Å². The van der Waals surface area contributed by atoms with E-state index in [1.165, 1.54) is 12.3 Å². The third-order valence-electron chi connectivity index (χ3n) is 2.49. The highest BCUT2D eigenvalue weighted by atomic mass is 16.6. The fourth-order valence-corrected chi connectivity index (χ4v) is 1.67. The summed E-state index contributed by atoms with van der Waals surface area (Å²) in [6, 6.07) is 3.09. The van der Waals surface area contributed by atoms with Crippen LogP contribution in [0.25, 0.3) is 0 Å². The van der Waals surface area contributed by atoms with Gasteiger partial charge in [-0.3, -0.25) is 14.8 Å². The van der Waals surface area contributed by atoms with Crippen LogP contribution in [0.5, 0.6) is 0 Å². The largest absolute Gasteiger partial charge is 0.332 e. The van der Waals surface area contributed by atoms with E-state index >= 15 is 0 Å². The summed E-state index contributed by atoms with van der Waals surface area (Å²) in [5.41, 5.74) is 0.909. The molecular weight excluding hydrogens is 248 g/mol. The van der Waals surface area contributed by atoms with Crippen molar-refractivity contribution in [3.8, 4) is 6.07 Å². The quantitative estimate of drug-likeness (QED) is 0.662. The molecule has 0 unspecified atom stereocenters. The van der Waals surface area contributed by atoms with Gasteiger partial charge < -0.3 is 5.32 Å². The Kier molecular flexibility index (Phi) is 3.12. The topological polar surface area (TPSA) is 110 Å². The van der Waals surface area contributed by atoms with Crippen LogP contribution in [0.15, 0.2) is 18.5 Å². The summed E-state index contributed by atoms with van der Waals surface area (Å²) in [6.07, 6.45) is 3.03. The number of pyridine rings is 1. The van der Waals surface area contributed by atoms with Crippen LogP contribution in [0.2, 0.25) is 0 Å². The van der Waals surface area contributed by atoms with Gasteiger partial charge in [0.05, 0.1) is 16.3 Å². The second-order valence-electron chi connectivity index (χ2n) is 3.85. The fourth-order valence-electron chi connectivity index (χ4n) is 1.67. The maximum Gasteiger partial charge on any atom is 0.329 e. The number of anilines is 2. The highest BCUT2D eigenvalue weighted by molar-refractivity contribution is 5.70. The van der Waals surface area contributed by atoms with Crippen molar-refractivity contribution in [3.05, 3.63) is 39.8 Å². The lowest BCUT2D eigenvalue weighted by Crippen LogP contribution is -2.02. The highest BCUT2D eigenvalue weighted by Gasteiger charge is 2.22. The van der Waals surface area contributed by atoms with E-state index < -0.39 is 4.92 Å². The summed E-state index contributed by atoms with van der Waals surface area (Å²) in [5.74, 6) is 0.0279. The average molecular weight is 258 g/mol. The maximum absolute atomic E-state index is 11.0. The van der Waals surface area contributed by atoms with Gasteiger partial charge in [-0.1, -0.05) is 0 Å². The molecule has 0 radical (unpaired) electrons. The van der Waals surface area contributed by atoms with Gasteiger partial charge >= 0.3 is 5.69 Å². The van der Waals surface area contributed by atoms with Crippen LogP contribution in [0, 0.1) is 28.4 Å². The lowest BCUT2D eigenvalue weighted by molar-refractivity contribution is -0.384. The summed E-state index contributed by atoms with van der Waals surface area (Å²) in [5, 5.41) is 26.9. The zero-order valence-electron chi connectivity index (χ0n) is 10.3. The summed E-state index contributed by atoms with van der Waals surface area (Å²) in [4.78, 5) is 14.3. The molecule has 8 nitrogen and oxygen atoms in total.